The number of furan rings is 1. The highest BCUT2D eigenvalue weighted by Gasteiger charge is 2.21. The van der Waals surface area contributed by atoms with Crippen molar-refractivity contribution in [1.82, 2.24) is 20.3 Å². The molecule has 5 heteroatoms. The maximum absolute atomic E-state index is 5.83. The second-order valence-corrected chi connectivity index (χ2v) is 5.69. The lowest BCUT2D eigenvalue weighted by atomic mass is 10.2. The Balaban J connectivity index is 1.55. The summed E-state index contributed by atoms with van der Waals surface area (Å²) in [6.07, 6.45) is 2.58. The van der Waals surface area contributed by atoms with Gasteiger partial charge in [0.15, 0.2) is 0 Å². The van der Waals surface area contributed by atoms with Crippen molar-refractivity contribution in [3.63, 3.8) is 0 Å². The number of aromatic nitrogens is 3. The van der Waals surface area contributed by atoms with E-state index < -0.39 is 0 Å². The summed E-state index contributed by atoms with van der Waals surface area (Å²) in [6.45, 7) is 3.51. The predicted octanol–water partition coefficient (Wildman–Crippen LogP) is 2.63. The van der Waals surface area contributed by atoms with Crippen LogP contribution in [0, 0.1) is 6.92 Å². The van der Waals surface area contributed by atoms with Crippen LogP contribution in [0.5, 0.6) is 0 Å². The summed E-state index contributed by atoms with van der Waals surface area (Å²) in [7, 11) is 0. The number of fused-ring (bicyclic) bond motifs is 1. The normalized spacial score (nSPS) is 14.9. The zero-order chi connectivity index (χ0) is 14.2. The van der Waals surface area contributed by atoms with E-state index in [0.29, 0.717) is 12.6 Å². The van der Waals surface area contributed by atoms with E-state index in [4.69, 9.17) is 4.42 Å². The molecule has 2 aromatic heterocycles. The third kappa shape index (κ3) is 2.56. The predicted molar refractivity (Wildman–Crippen MR) is 79.9 cm³/mol. The van der Waals surface area contributed by atoms with Gasteiger partial charge < -0.3 is 9.73 Å². The number of nitrogens with one attached hydrogen (secondary N) is 1. The molecule has 2 heterocycles. The summed E-state index contributed by atoms with van der Waals surface area (Å²) in [5.74, 6) is 1.96. The van der Waals surface area contributed by atoms with Gasteiger partial charge in [-0.2, -0.15) is 0 Å². The van der Waals surface area contributed by atoms with Gasteiger partial charge in [0.05, 0.1) is 18.6 Å². The first kappa shape index (κ1) is 12.6. The van der Waals surface area contributed by atoms with Gasteiger partial charge in [-0.05, 0) is 38.0 Å². The third-order valence-electron chi connectivity index (χ3n) is 3.95. The van der Waals surface area contributed by atoms with E-state index in [-0.39, 0.29) is 0 Å². The minimum atomic E-state index is 0.693. The number of hydrogen-bond donors (Lipinski definition) is 1. The van der Waals surface area contributed by atoms with Crippen LogP contribution >= 0.6 is 0 Å². The Morgan fingerprint density at radius 1 is 1.33 bits per heavy atom. The van der Waals surface area contributed by atoms with E-state index >= 15 is 0 Å². The standard InChI is InChI=1S/C16H18N4O/c1-11-12(8-14(21-11)9-17-13-6-7-13)10-20-16-5-3-2-4-15(16)18-19-20/h2-5,8,13,17H,6-7,9-10H2,1H3. The Bertz CT molecular complexity index is 770. The molecule has 108 valence electrons. The van der Waals surface area contributed by atoms with Gasteiger partial charge in [0.2, 0.25) is 0 Å². The van der Waals surface area contributed by atoms with E-state index in [9.17, 15) is 0 Å². The molecule has 0 unspecified atom stereocenters. The zero-order valence-electron chi connectivity index (χ0n) is 12.0. The number of aryl methyl sites for hydroxylation is 1. The number of hydrogen-bond acceptors (Lipinski definition) is 4. The molecule has 0 amide bonds. The average Bonchev–Trinajstić information content (AvgIpc) is 3.15. The summed E-state index contributed by atoms with van der Waals surface area (Å²) >= 11 is 0. The van der Waals surface area contributed by atoms with Crippen LogP contribution in [0.15, 0.2) is 34.7 Å². The highest BCUT2D eigenvalue weighted by atomic mass is 16.3. The first-order chi connectivity index (χ1) is 10.3. The molecule has 3 aromatic rings. The average molecular weight is 282 g/mol. The largest absolute Gasteiger partial charge is 0.465 e. The van der Waals surface area contributed by atoms with Crippen molar-refractivity contribution >= 4 is 11.0 Å². The van der Waals surface area contributed by atoms with Crippen LogP contribution < -0.4 is 5.32 Å². The molecule has 1 N–H and O–H groups in total. The van der Waals surface area contributed by atoms with Crippen LogP contribution in [0.4, 0.5) is 0 Å². The van der Waals surface area contributed by atoms with Gasteiger partial charge in [-0.3, -0.25) is 0 Å². The van der Waals surface area contributed by atoms with E-state index in [0.717, 1.165) is 29.1 Å². The van der Waals surface area contributed by atoms with Gasteiger partial charge in [-0.25, -0.2) is 4.68 Å². The third-order valence-corrected chi connectivity index (χ3v) is 3.95. The van der Waals surface area contributed by atoms with Crippen molar-refractivity contribution in [3.8, 4) is 0 Å². The number of nitrogens with zero attached hydrogens (tertiary/aromatic N) is 3. The fourth-order valence-electron chi connectivity index (χ4n) is 2.56. The fourth-order valence-corrected chi connectivity index (χ4v) is 2.56. The van der Waals surface area contributed by atoms with E-state index in [1.807, 2.05) is 35.9 Å². The van der Waals surface area contributed by atoms with Crippen LogP contribution in [0.3, 0.4) is 0 Å². The van der Waals surface area contributed by atoms with Gasteiger partial charge >= 0.3 is 0 Å². The Morgan fingerprint density at radius 3 is 3.05 bits per heavy atom. The molecule has 0 bridgehead atoms. The maximum Gasteiger partial charge on any atom is 0.118 e. The SMILES string of the molecule is Cc1oc(CNC2CC2)cc1Cn1nnc2ccccc21. The van der Waals surface area contributed by atoms with E-state index in [1.54, 1.807) is 0 Å². The van der Waals surface area contributed by atoms with Crippen molar-refractivity contribution in [3.05, 3.63) is 47.4 Å². The molecule has 0 spiro atoms. The van der Waals surface area contributed by atoms with Crippen LogP contribution in [0.2, 0.25) is 0 Å². The molecule has 0 aliphatic heterocycles. The summed E-state index contributed by atoms with van der Waals surface area (Å²) in [6, 6.07) is 10.8. The molecule has 1 saturated carbocycles. The molecule has 0 atom stereocenters. The first-order valence-electron chi connectivity index (χ1n) is 7.39. The van der Waals surface area contributed by atoms with Crippen LogP contribution in [0.25, 0.3) is 11.0 Å². The molecule has 1 aliphatic carbocycles. The minimum Gasteiger partial charge on any atom is -0.465 e. The first-order valence-corrected chi connectivity index (χ1v) is 7.39. The topological polar surface area (TPSA) is 55.9 Å². The van der Waals surface area contributed by atoms with Gasteiger partial charge in [0.1, 0.15) is 17.0 Å². The highest BCUT2D eigenvalue weighted by molar-refractivity contribution is 5.73. The lowest BCUT2D eigenvalue weighted by molar-refractivity contribution is 0.458. The number of benzene rings is 1. The van der Waals surface area contributed by atoms with Crippen LogP contribution in [-0.2, 0) is 13.1 Å². The molecule has 0 radical (unpaired) electrons. The summed E-state index contributed by atoms with van der Waals surface area (Å²) in [4.78, 5) is 0. The second kappa shape index (κ2) is 5.00. The summed E-state index contributed by atoms with van der Waals surface area (Å²) in [5, 5.41) is 11.9. The number of para-hydroxylation sites is 1. The smallest absolute Gasteiger partial charge is 0.118 e. The molecule has 4 rings (SSSR count). The molecule has 5 nitrogen and oxygen atoms in total. The second-order valence-electron chi connectivity index (χ2n) is 5.69. The van der Waals surface area contributed by atoms with Crippen LogP contribution in [0.1, 0.15) is 29.9 Å². The van der Waals surface area contributed by atoms with E-state index in [2.05, 4.69) is 21.7 Å². The molecule has 1 fully saturated rings. The molecule has 0 saturated heterocycles. The van der Waals surface area contributed by atoms with Crippen LogP contribution in [-0.4, -0.2) is 21.0 Å². The van der Waals surface area contributed by atoms with Crippen molar-refractivity contribution in [1.29, 1.82) is 0 Å². The minimum absolute atomic E-state index is 0.693. The van der Waals surface area contributed by atoms with Crippen molar-refractivity contribution < 1.29 is 4.42 Å². The molecule has 1 aromatic carbocycles. The lowest BCUT2D eigenvalue weighted by Crippen LogP contribution is -2.14. The Morgan fingerprint density at radius 2 is 2.19 bits per heavy atom. The molecular weight excluding hydrogens is 264 g/mol. The maximum atomic E-state index is 5.83. The molecule has 21 heavy (non-hydrogen) atoms. The Hall–Kier alpha value is -2.14. The van der Waals surface area contributed by atoms with Gasteiger partial charge in [-0.1, -0.05) is 17.3 Å². The summed E-state index contributed by atoms with van der Waals surface area (Å²) < 4.78 is 7.75. The summed E-state index contributed by atoms with van der Waals surface area (Å²) in [5.41, 5.74) is 3.14. The lowest BCUT2D eigenvalue weighted by Gasteiger charge is -2.00. The zero-order valence-corrected chi connectivity index (χ0v) is 12.0. The Kier molecular flexibility index (Phi) is 3.00. The van der Waals surface area contributed by atoms with Crippen molar-refractivity contribution in [2.45, 2.75) is 38.9 Å². The van der Waals surface area contributed by atoms with Gasteiger partial charge in [0, 0.05) is 11.6 Å². The fraction of sp³-hybridized carbons (Fsp3) is 0.375. The molecule has 1 aliphatic rings. The van der Waals surface area contributed by atoms with Gasteiger partial charge in [-0.15, -0.1) is 5.10 Å². The monoisotopic (exact) mass is 282 g/mol. The highest BCUT2D eigenvalue weighted by Crippen LogP contribution is 2.21. The van der Waals surface area contributed by atoms with E-state index in [1.165, 1.54) is 18.4 Å². The van der Waals surface area contributed by atoms with Crippen molar-refractivity contribution in [2.24, 2.45) is 0 Å². The van der Waals surface area contributed by atoms with Gasteiger partial charge in [0.25, 0.3) is 0 Å². The van der Waals surface area contributed by atoms with Crippen molar-refractivity contribution in [2.75, 3.05) is 0 Å². The quantitative estimate of drug-likeness (QED) is 0.781. The number of rotatable bonds is 5. The Labute approximate surface area is 122 Å². The molecular formula is C16H18N4O.